The van der Waals surface area contributed by atoms with Crippen molar-refractivity contribution in [3.8, 4) is 0 Å². The maximum Gasteiger partial charge on any atom is 0.187 e. The lowest BCUT2D eigenvalue weighted by Crippen LogP contribution is -2.45. The van der Waals surface area contributed by atoms with Crippen LogP contribution >= 0.6 is 0 Å². The summed E-state index contributed by atoms with van der Waals surface area (Å²) < 4.78 is 26.7. The first-order valence-corrected chi connectivity index (χ1v) is 11.9. The maximum absolute atomic E-state index is 13.3. The number of rotatable bonds is 5. The van der Waals surface area contributed by atoms with Crippen LogP contribution in [0, 0.1) is 11.6 Å². The number of likely N-dealkylation sites (tertiary alicyclic amines) is 1. The molecule has 2 fully saturated rings. The molecule has 0 saturated carbocycles. The molecule has 0 spiro atoms. The molecule has 0 aliphatic carbocycles. The van der Waals surface area contributed by atoms with E-state index < -0.39 is 5.54 Å². The first-order chi connectivity index (χ1) is 16.6. The van der Waals surface area contributed by atoms with E-state index in [0.29, 0.717) is 30.8 Å². The highest BCUT2D eigenvalue weighted by Gasteiger charge is 2.46. The lowest BCUT2D eigenvalue weighted by atomic mass is 9.94. The molecule has 2 heterocycles. The molecule has 0 bridgehead atoms. The number of halogens is 2. The van der Waals surface area contributed by atoms with Gasteiger partial charge in [-0.05, 0) is 81.2 Å². The van der Waals surface area contributed by atoms with Crippen LogP contribution < -0.4 is 0 Å². The van der Waals surface area contributed by atoms with Crippen LogP contribution in [0.1, 0.15) is 44.7 Å². The van der Waals surface area contributed by atoms with Crippen molar-refractivity contribution < 1.29 is 18.8 Å². The number of carbonyl (C=O) groups excluding carboxylic acids is 1. The summed E-state index contributed by atoms with van der Waals surface area (Å²) >= 11 is 0. The first kappa shape index (κ1) is 25.2. The van der Waals surface area contributed by atoms with Crippen molar-refractivity contribution in [2.75, 3.05) is 19.6 Å². The third-order valence-corrected chi connectivity index (χ3v) is 6.89. The van der Waals surface area contributed by atoms with Crippen LogP contribution in [0.25, 0.3) is 12.2 Å². The number of nitrogens with zero attached hydrogens (tertiary/aromatic N) is 2. The second-order valence-corrected chi connectivity index (χ2v) is 10.3. The molecular formula is C29H31F2N2O2. The van der Waals surface area contributed by atoms with E-state index >= 15 is 0 Å². The Kier molecular flexibility index (Phi) is 7.17. The summed E-state index contributed by atoms with van der Waals surface area (Å²) in [6, 6.07) is 12.0. The number of hydroxylamine groups is 2. The quantitative estimate of drug-likeness (QED) is 0.401. The van der Waals surface area contributed by atoms with E-state index in [1.807, 2.05) is 32.9 Å². The lowest BCUT2D eigenvalue weighted by Gasteiger charge is -2.33. The Balaban J connectivity index is 1.58. The molecule has 4 rings (SSSR count). The van der Waals surface area contributed by atoms with Gasteiger partial charge < -0.3 is 0 Å². The van der Waals surface area contributed by atoms with Gasteiger partial charge in [-0.15, -0.1) is 10.3 Å². The lowest BCUT2D eigenvalue weighted by molar-refractivity contribution is -0.236. The number of piperidine rings is 1. The summed E-state index contributed by atoms with van der Waals surface area (Å²) in [6.07, 6.45) is 9.20. The summed E-state index contributed by atoms with van der Waals surface area (Å²) in [7, 11) is 0. The average molecular weight is 478 g/mol. The Morgan fingerprint density at radius 1 is 0.829 bits per heavy atom. The first-order valence-electron chi connectivity index (χ1n) is 11.9. The molecule has 2 aliphatic rings. The molecule has 1 radical (unpaired) electrons. The smallest absolute Gasteiger partial charge is 0.187 e. The number of ketones is 1. The topological polar surface area (TPSA) is 43.5 Å². The molecule has 0 N–H and O–H groups in total. The molecule has 1 atom stereocenters. The SMILES string of the molecule is CC1(C)CCC(C)(/C=C/CN2C/C(=C\c3ccc(F)cc3)C(=O)/C(=C/c3ccc(F)cc3)C2)N1[O]. The van der Waals surface area contributed by atoms with Crippen LogP contribution in [-0.4, -0.2) is 46.5 Å². The van der Waals surface area contributed by atoms with Gasteiger partial charge in [0.15, 0.2) is 5.78 Å². The zero-order valence-corrected chi connectivity index (χ0v) is 20.4. The van der Waals surface area contributed by atoms with Crippen molar-refractivity contribution in [3.63, 3.8) is 0 Å². The van der Waals surface area contributed by atoms with Crippen molar-refractivity contribution >= 4 is 17.9 Å². The van der Waals surface area contributed by atoms with Gasteiger partial charge in [-0.2, -0.15) is 0 Å². The van der Waals surface area contributed by atoms with Gasteiger partial charge in [0.1, 0.15) is 11.6 Å². The minimum Gasteiger partial charge on any atom is -0.291 e. The maximum atomic E-state index is 13.3. The van der Waals surface area contributed by atoms with Gasteiger partial charge in [-0.3, -0.25) is 9.69 Å². The van der Waals surface area contributed by atoms with Crippen LogP contribution in [0.3, 0.4) is 0 Å². The van der Waals surface area contributed by atoms with Crippen LogP contribution in [0.4, 0.5) is 8.78 Å². The van der Waals surface area contributed by atoms with Crippen molar-refractivity contribution in [2.24, 2.45) is 0 Å². The fraction of sp³-hybridized carbons (Fsp3) is 0.345. The minimum atomic E-state index is -0.547. The normalized spacial score (nSPS) is 25.8. The molecule has 2 saturated heterocycles. The van der Waals surface area contributed by atoms with Gasteiger partial charge in [-0.25, -0.2) is 8.78 Å². The van der Waals surface area contributed by atoms with Gasteiger partial charge >= 0.3 is 0 Å². The van der Waals surface area contributed by atoms with Gasteiger partial charge in [0.05, 0.1) is 5.54 Å². The Labute approximate surface area is 205 Å². The second kappa shape index (κ2) is 9.97. The Hall–Kier alpha value is -2.93. The number of hydrogen-bond donors (Lipinski definition) is 0. The largest absolute Gasteiger partial charge is 0.291 e. The van der Waals surface area contributed by atoms with Crippen molar-refractivity contribution in [1.29, 1.82) is 0 Å². The van der Waals surface area contributed by atoms with E-state index in [1.54, 1.807) is 36.4 Å². The monoisotopic (exact) mass is 477 g/mol. The summed E-state index contributed by atoms with van der Waals surface area (Å²) in [5, 5.41) is 14.0. The van der Waals surface area contributed by atoms with Crippen LogP contribution in [0.2, 0.25) is 0 Å². The molecule has 183 valence electrons. The van der Waals surface area contributed by atoms with Crippen molar-refractivity contribution in [3.05, 3.63) is 94.6 Å². The van der Waals surface area contributed by atoms with Gasteiger partial charge in [0.2, 0.25) is 0 Å². The second-order valence-electron chi connectivity index (χ2n) is 10.3. The van der Waals surface area contributed by atoms with Crippen LogP contribution in [0.5, 0.6) is 0 Å². The molecule has 0 amide bonds. The number of hydrogen-bond acceptors (Lipinski definition) is 3. The average Bonchev–Trinajstić information content (AvgIpc) is 3.03. The van der Waals surface area contributed by atoms with E-state index in [9.17, 15) is 18.8 Å². The van der Waals surface area contributed by atoms with E-state index in [0.717, 1.165) is 24.0 Å². The fourth-order valence-corrected chi connectivity index (χ4v) is 4.82. The molecule has 2 aliphatic heterocycles. The highest BCUT2D eigenvalue weighted by atomic mass is 19.1. The van der Waals surface area contributed by atoms with Crippen molar-refractivity contribution in [1.82, 2.24) is 9.96 Å². The van der Waals surface area contributed by atoms with Crippen LogP contribution in [0.15, 0.2) is 71.8 Å². The molecule has 2 aromatic carbocycles. The predicted octanol–water partition coefficient (Wildman–Crippen LogP) is 5.85. The Bertz CT molecular complexity index is 1100. The number of Topliss-reactive ketones (excluding diaryl/α,β-unsaturated/α-hetero) is 1. The molecule has 1 unspecified atom stereocenters. The van der Waals surface area contributed by atoms with Crippen molar-refractivity contribution in [2.45, 2.75) is 44.7 Å². The zero-order valence-electron chi connectivity index (χ0n) is 20.4. The summed E-state index contributed by atoms with van der Waals surface area (Å²) in [6.45, 7) is 7.33. The number of benzene rings is 2. The van der Waals surface area contributed by atoms with Gasteiger partial charge in [0.25, 0.3) is 0 Å². The van der Waals surface area contributed by atoms with Crippen LogP contribution in [-0.2, 0) is 10.0 Å². The number of carbonyl (C=O) groups is 1. The summed E-state index contributed by atoms with van der Waals surface area (Å²) in [5.74, 6) is -0.738. The summed E-state index contributed by atoms with van der Waals surface area (Å²) in [4.78, 5) is 15.4. The van der Waals surface area contributed by atoms with Gasteiger partial charge in [-0.1, -0.05) is 36.4 Å². The Morgan fingerprint density at radius 2 is 1.31 bits per heavy atom. The van der Waals surface area contributed by atoms with Gasteiger partial charge in [0, 0.05) is 36.3 Å². The van der Waals surface area contributed by atoms with E-state index in [2.05, 4.69) is 4.90 Å². The molecule has 6 heteroatoms. The van der Waals surface area contributed by atoms with E-state index in [1.165, 1.54) is 29.3 Å². The molecule has 35 heavy (non-hydrogen) atoms. The molecule has 2 aromatic rings. The highest BCUT2D eigenvalue weighted by Crippen LogP contribution is 2.40. The standard InChI is InChI=1S/C29H31F2N2O2/c1-28(2)14-15-29(3,33(28)35)13-4-16-32-19-23(17-21-5-9-25(30)10-6-21)27(34)24(20-32)18-22-7-11-26(31)12-8-22/h4-13,17-18H,14-16,19-20H2,1-3H3/b13-4+,23-17+,24-18+. The van der Waals surface area contributed by atoms with E-state index in [-0.39, 0.29) is 23.0 Å². The third-order valence-electron chi connectivity index (χ3n) is 6.89. The molecule has 4 nitrogen and oxygen atoms in total. The highest BCUT2D eigenvalue weighted by molar-refractivity contribution is 6.14. The summed E-state index contributed by atoms with van der Waals surface area (Å²) in [5.41, 5.74) is 1.76. The van der Waals surface area contributed by atoms with E-state index in [4.69, 9.17) is 0 Å². The minimum absolute atomic E-state index is 0.0749. The molecule has 0 aromatic heterocycles. The fourth-order valence-electron chi connectivity index (χ4n) is 4.82. The third kappa shape index (κ3) is 5.84. The predicted molar refractivity (Wildman–Crippen MR) is 134 cm³/mol. The zero-order chi connectivity index (χ0) is 25.2. The Morgan fingerprint density at radius 3 is 1.74 bits per heavy atom. The molecular weight excluding hydrogens is 446 g/mol.